The number of allylic oxidation sites excluding steroid dienone is 1. The van der Waals surface area contributed by atoms with Crippen LogP contribution < -0.4 is 0 Å². The number of esters is 1. The van der Waals surface area contributed by atoms with Gasteiger partial charge >= 0.3 is 5.97 Å². The summed E-state index contributed by atoms with van der Waals surface area (Å²) in [5.74, 6) is -0.257. The number of carbonyl (C=O) groups excluding carboxylic acids is 1. The van der Waals surface area contributed by atoms with Crippen LogP contribution in [0, 0.1) is 0 Å². The maximum absolute atomic E-state index is 11.4. The third-order valence-electron chi connectivity index (χ3n) is 3.42. The summed E-state index contributed by atoms with van der Waals surface area (Å²) in [5.41, 5.74) is 5.01. The number of fused-ring (bicyclic) bond motifs is 1. The van der Waals surface area contributed by atoms with Gasteiger partial charge in [0.25, 0.3) is 0 Å². The largest absolute Gasteiger partial charge is 0.463 e. The fourth-order valence-electron chi connectivity index (χ4n) is 2.42. The SMILES string of the molecule is CCOC(=O)C=C(C)c1ccc2c(c1)CCCC2. The number of benzene rings is 1. The van der Waals surface area contributed by atoms with Gasteiger partial charge in [-0.05, 0) is 61.8 Å². The molecule has 2 rings (SSSR count). The first-order chi connectivity index (χ1) is 8.70. The first kappa shape index (κ1) is 12.9. The van der Waals surface area contributed by atoms with Crippen molar-refractivity contribution < 1.29 is 9.53 Å². The molecule has 0 saturated carbocycles. The van der Waals surface area contributed by atoms with E-state index in [9.17, 15) is 4.79 Å². The summed E-state index contributed by atoms with van der Waals surface area (Å²) in [4.78, 5) is 11.4. The molecule has 1 aliphatic rings. The lowest BCUT2D eigenvalue weighted by molar-refractivity contribution is -0.137. The molecule has 2 nitrogen and oxygen atoms in total. The van der Waals surface area contributed by atoms with E-state index < -0.39 is 0 Å². The summed E-state index contributed by atoms with van der Waals surface area (Å²) in [7, 11) is 0. The molecule has 1 aromatic rings. The molecule has 0 fully saturated rings. The Kier molecular flexibility index (Phi) is 4.19. The summed E-state index contributed by atoms with van der Waals surface area (Å²) >= 11 is 0. The third-order valence-corrected chi connectivity index (χ3v) is 3.42. The highest BCUT2D eigenvalue weighted by Crippen LogP contribution is 2.25. The monoisotopic (exact) mass is 244 g/mol. The van der Waals surface area contributed by atoms with Gasteiger partial charge in [0.15, 0.2) is 0 Å². The Morgan fingerprint density at radius 2 is 2.00 bits per heavy atom. The summed E-state index contributed by atoms with van der Waals surface area (Å²) < 4.78 is 4.93. The number of hydrogen-bond acceptors (Lipinski definition) is 2. The van der Waals surface area contributed by atoms with Gasteiger partial charge in [-0.1, -0.05) is 18.2 Å². The van der Waals surface area contributed by atoms with E-state index in [2.05, 4.69) is 18.2 Å². The number of aryl methyl sites for hydroxylation is 2. The molecular formula is C16H20O2. The molecule has 18 heavy (non-hydrogen) atoms. The maximum Gasteiger partial charge on any atom is 0.331 e. The zero-order valence-corrected chi connectivity index (χ0v) is 11.2. The van der Waals surface area contributed by atoms with Crippen molar-refractivity contribution in [2.24, 2.45) is 0 Å². The molecule has 0 radical (unpaired) electrons. The molecule has 0 bridgehead atoms. The van der Waals surface area contributed by atoms with E-state index >= 15 is 0 Å². The second kappa shape index (κ2) is 5.85. The summed E-state index contributed by atoms with van der Waals surface area (Å²) in [6, 6.07) is 6.53. The fraction of sp³-hybridized carbons (Fsp3) is 0.438. The van der Waals surface area contributed by atoms with E-state index in [0.29, 0.717) is 6.61 Å². The van der Waals surface area contributed by atoms with Gasteiger partial charge in [-0.25, -0.2) is 4.79 Å². The number of ether oxygens (including phenoxy) is 1. The van der Waals surface area contributed by atoms with Gasteiger partial charge < -0.3 is 4.74 Å². The Hall–Kier alpha value is -1.57. The van der Waals surface area contributed by atoms with Crippen LogP contribution in [0.5, 0.6) is 0 Å². The van der Waals surface area contributed by atoms with Gasteiger partial charge in [-0.15, -0.1) is 0 Å². The van der Waals surface area contributed by atoms with Crippen LogP contribution in [0.4, 0.5) is 0 Å². The van der Waals surface area contributed by atoms with Crippen molar-refractivity contribution in [3.05, 3.63) is 41.0 Å². The average molecular weight is 244 g/mol. The van der Waals surface area contributed by atoms with Crippen LogP contribution >= 0.6 is 0 Å². The molecular weight excluding hydrogens is 224 g/mol. The highest BCUT2D eigenvalue weighted by Gasteiger charge is 2.10. The van der Waals surface area contributed by atoms with Crippen molar-refractivity contribution in [3.8, 4) is 0 Å². The second-order valence-corrected chi connectivity index (χ2v) is 4.77. The van der Waals surface area contributed by atoms with E-state index in [0.717, 1.165) is 17.6 Å². The van der Waals surface area contributed by atoms with E-state index in [4.69, 9.17) is 4.74 Å². The predicted octanol–water partition coefficient (Wildman–Crippen LogP) is 3.53. The Morgan fingerprint density at radius 3 is 2.72 bits per heavy atom. The smallest absolute Gasteiger partial charge is 0.331 e. The Morgan fingerprint density at radius 1 is 1.28 bits per heavy atom. The van der Waals surface area contributed by atoms with Crippen LogP contribution in [-0.2, 0) is 22.4 Å². The van der Waals surface area contributed by atoms with Crippen molar-refractivity contribution >= 4 is 11.5 Å². The summed E-state index contributed by atoms with van der Waals surface area (Å²) in [5, 5.41) is 0. The van der Waals surface area contributed by atoms with E-state index in [-0.39, 0.29) is 5.97 Å². The Labute approximate surface area is 109 Å². The molecule has 2 heteroatoms. The standard InChI is InChI=1S/C16H20O2/c1-3-18-16(17)10-12(2)14-9-8-13-6-4-5-7-15(13)11-14/h8-11H,3-7H2,1-2H3. The highest BCUT2D eigenvalue weighted by molar-refractivity contribution is 5.90. The summed E-state index contributed by atoms with van der Waals surface area (Å²) in [6.45, 7) is 4.20. The lowest BCUT2D eigenvalue weighted by Crippen LogP contribution is -2.03. The molecule has 1 aliphatic carbocycles. The van der Waals surface area contributed by atoms with Crippen molar-refractivity contribution in [3.63, 3.8) is 0 Å². The Balaban J connectivity index is 2.20. The molecule has 0 unspecified atom stereocenters. The van der Waals surface area contributed by atoms with Crippen LogP contribution in [0.25, 0.3) is 5.57 Å². The molecule has 0 heterocycles. The highest BCUT2D eigenvalue weighted by atomic mass is 16.5. The first-order valence-corrected chi connectivity index (χ1v) is 6.68. The zero-order valence-electron chi connectivity index (χ0n) is 11.2. The quantitative estimate of drug-likeness (QED) is 0.600. The van der Waals surface area contributed by atoms with Gasteiger partial charge in [0.05, 0.1) is 6.61 Å². The number of rotatable bonds is 3. The van der Waals surface area contributed by atoms with Crippen molar-refractivity contribution in [2.45, 2.75) is 39.5 Å². The molecule has 1 aromatic carbocycles. The minimum Gasteiger partial charge on any atom is -0.463 e. The predicted molar refractivity (Wildman–Crippen MR) is 73.4 cm³/mol. The fourth-order valence-corrected chi connectivity index (χ4v) is 2.42. The Bertz CT molecular complexity index is 472. The van der Waals surface area contributed by atoms with Crippen LogP contribution in [0.15, 0.2) is 24.3 Å². The average Bonchev–Trinajstić information content (AvgIpc) is 2.38. The van der Waals surface area contributed by atoms with Gasteiger partial charge in [0.1, 0.15) is 0 Å². The third kappa shape index (κ3) is 3.00. The van der Waals surface area contributed by atoms with Crippen molar-refractivity contribution in [1.82, 2.24) is 0 Å². The lowest BCUT2D eigenvalue weighted by atomic mass is 9.89. The van der Waals surface area contributed by atoms with Crippen molar-refractivity contribution in [2.75, 3.05) is 6.61 Å². The van der Waals surface area contributed by atoms with Crippen LogP contribution in [-0.4, -0.2) is 12.6 Å². The topological polar surface area (TPSA) is 26.3 Å². The molecule has 0 aliphatic heterocycles. The minimum atomic E-state index is -0.257. The van der Waals surface area contributed by atoms with Gasteiger partial charge in [-0.3, -0.25) is 0 Å². The number of hydrogen-bond donors (Lipinski definition) is 0. The normalized spacial score (nSPS) is 15.1. The van der Waals surface area contributed by atoms with E-state index in [1.54, 1.807) is 6.08 Å². The van der Waals surface area contributed by atoms with E-state index in [1.807, 2.05) is 13.8 Å². The minimum absolute atomic E-state index is 0.257. The van der Waals surface area contributed by atoms with Crippen LogP contribution in [0.1, 0.15) is 43.4 Å². The van der Waals surface area contributed by atoms with Crippen LogP contribution in [0.2, 0.25) is 0 Å². The van der Waals surface area contributed by atoms with Crippen molar-refractivity contribution in [1.29, 1.82) is 0 Å². The second-order valence-electron chi connectivity index (χ2n) is 4.77. The molecule has 0 spiro atoms. The van der Waals surface area contributed by atoms with Crippen LogP contribution in [0.3, 0.4) is 0 Å². The molecule has 96 valence electrons. The molecule has 0 aromatic heterocycles. The molecule has 0 N–H and O–H groups in total. The number of carbonyl (C=O) groups is 1. The van der Waals surface area contributed by atoms with Gasteiger partial charge in [-0.2, -0.15) is 0 Å². The van der Waals surface area contributed by atoms with E-state index in [1.165, 1.54) is 30.4 Å². The first-order valence-electron chi connectivity index (χ1n) is 6.68. The maximum atomic E-state index is 11.4. The summed E-state index contributed by atoms with van der Waals surface area (Å²) in [6.07, 6.45) is 6.50. The zero-order chi connectivity index (χ0) is 13.0. The molecule has 0 saturated heterocycles. The van der Waals surface area contributed by atoms with Gasteiger partial charge in [0, 0.05) is 6.08 Å². The van der Waals surface area contributed by atoms with Gasteiger partial charge in [0.2, 0.25) is 0 Å². The molecule has 0 amide bonds. The lowest BCUT2D eigenvalue weighted by Gasteiger charge is -2.16. The molecule has 0 atom stereocenters.